The van der Waals surface area contributed by atoms with Gasteiger partial charge in [-0.3, -0.25) is 14.4 Å². The molecule has 3 rings (SSSR count). The van der Waals surface area contributed by atoms with Gasteiger partial charge in [0.1, 0.15) is 5.75 Å². The standard InChI is InChI=1S/C19H15NO6S/c1-11(21)26-13-8-6-12(7-9-13)20-17(22)10-16(18(20)23)27-15-5-3-2-4-14(15)19(24)25/h2-9,16H,10H2,1H3,(H,24,25)/p-1/t16-/m1/s1. The second kappa shape index (κ2) is 7.63. The van der Waals surface area contributed by atoms with Crippen LogP contribution in [-0.4, -0.2) is 29.0 Å². The molecule has 0 radical (unpaired) electrons. The summed E-state index contributed by atoms with van der Waals surface area (Å²) in [6, 6.07) is 12.2. The molecule has 2 amide bonds. The van der Waals surface area contributed by atoms with E-state index in [-0.39, 0.29) is 17.9 Å². The van der Waals surface area contributed by atoms with E-state index < -0.39 is 23.1 Å². The summed E-state index contributed by atoms with van der Waals surface area (Å²) < 4.78 is 4.93. The molecule has 0 N–H and O–H groups in total. The molecular weight excluding hydrogens is 370 g/mol. The molecule has 7 nitrogen and oxygen atoms in total. The van der Waals surface area contributed by atoms with Crippen LogP contribution in [0.5, 0.6) is 5.75 Å². The third kappa shape index (κ3) is 4.01. The summed E-state index contributed by atoms with van der Waals surface area (Å²) in [7, 11) is 0. The molecule has 1 atom stereocenters. The molecule has 0 unspecified atom stereocenters. The van der Waals surface area contributed by atoms with E-state index in [4.69, 9.17) is 4.74 Å². The van der Waals surface area contributed by atoms with Crippen molar-refractivity contribution in [2.45, 2.75) is 23.5 Å². The fourth-order valence-corrected chi connectivity index (χ4v) is 3.86. The van der Waals surface area contributed by atoms with Gasteiger partial charge in [-0.2, -0.15) is 0 Å². The average Bonchev–Trinajstić information content (AvgIpc) is 2.89. The lowest BCUT2D eigenvalue weighted by Crippen LogP contribution is -2.31. The molecule has 0 aromatic heterocycles. The molecule has 0 bridgehead atoms. The number of amides is 2. The SMILES string of the molecule is CC(=O)Oc1ccc(N2C(=O)C[C@@H](Sc3ccccc3C(=O)[O-])C2=O)cc1. The maximum atomic E-state index is 12.7. The summed E-state index contributed by atoms with van der Waals surface area (Å²) >= 11 is 1.03. The predicted octanol–water partition coefficient (Wildman–Crippen LogP) is 1.40. The number of hydrogen-bond acceptors (Lipinski definition) is 7. The topological polar surface area (TPSA) is 104 Å². The number of benzene rings is 2. The summed E-state index contributed by atoms with van der Waals surface area (Å²) in [5.74, 6) is -2.33. The molecule has 1 aliphatic rings. The Morgan fingerprint density at radius 2 is 1.78 bits per heavy atom. The fourth-order valence-electron chi connectivity index (χ4n) is 2.69. The van der Waals surface area contributed by atoms with Crippen LogP contribution in [0, 0.1) is 0 Å². The van der Waals surface area contributed by atoms with Crippen LogP contribution in [-0.2, 0) is 14.4 Å². The van der Waals surface area contributed by atoms with Crippen LogP contribution >= 0.6 is 11.8 Å². The lowest BCUT2D eigenvalue weighted by molar-refractivity contribution is -0.255. The highest BCUT2D eigenvalue weighted by molar-refractivity contribution is 8.00. The summed E-state index contributed by atoms with van der Waals surface area (Å²) in [5, 5.41) is 10.5. The number of ether oxygens (including phenoxy) is 1. The zero-order chi connectivity index (χ0) is 19.6. The van der Waals surface area contributed by atoms with Gasteiger partial charge in [0.15, 0.2) is 0 Å². The Balaban J connectivity index is 1.79. The van der Waals surface area contributed by atoms with Crippen molar-refractivity contribution in [3.8, 4) is 5.75 Å². The van der Waals surface area contributed by atoms with Crippen molar-refractivity contribution >= 4 is 41.2 Å². The van der Waals surface area contributed by atoms with Gasteiger partial charge in [-0.15, -0.1) is 11.8 Å². The Kier molecular flexibility index (Phi) is 5.27. The zero-order valence-corrected chi connectivity index (χ0v) is 15.0. The number of hydrogen-bond donors (Lipinski definition) is 0. The van der Waals surface area contributed by atoms with E-state index in [0.29, 0.717) is 16.3 Å². The first kappa shape index (κ1) is 18.7. The van der Waals surface area contributed by atoms with E-state index in [9.17, 15) is 24.3 Å². The van der Waals surface area contributed by atoms with E-state index in [0.717, 1.165) is 16.7 Å². The van der Waals surface area contributed by atoms with Gasteiger partial charge in [-0.25, -0.2) is 4.90 Å². The van der Waals surface area contributed by atoms with Crippen LogP contribution in [0.2, 0.25) is 0 Å². The molecule has 8 heteroatoms. The molecule has 1 aliphatic heterocycles. The van der Waals surface area contributed by atoms with Crippen molar-refractivity contribution in [1.29, 1.82) is 0 Å². The first-order valence-electron chi connectivity index (χ1n) is 7.99. The van der Waals surface area contributed by atoms with E-state index in [2.05, 4.69) is 0 Å². The number of rotatable bonds is 5. The van der Waals surface area contributed by atoms with E-state index >= 15 is 0 Å². The van der Waals surface area contributed by atoms with Crippen LogP contribution in [0.15, 0.2) is 53.4 Å². The Bertz CT molecular complexity index is 924. The van der Waals surface area contributed by atoms with Crippen LogP contribution in [0.1, 0.15) is 23.7 Å². The highest BCUT2D eigenvalue weighted by atomic mass is 32.2. The summed E-state index contributed by atoms with van der Waals surface area (Å²) in [6.07, 6.45) is -0.0451. The lowest BCUT2D eigenvalue weighted by Gasteiger charge is -2.16. The first-order chi connectivity index (χ1) is 12.9. The number of carbonyl (C=O) groups excluding carboxylic acids is 4. The second-order valence-corrected chi connectivity index (χ2v) is 6.99. The molecule has 1 saturated heterocycles. The molecule has 0 spiro atoms. The van der Waals surface area contributed by atoms with Gasteiger partial charge in [0.2, 0.25) is 11.8 Å². The number of nitrogens with zero attached hydrogens (tertiary/aromatic N) is 1. The van der Waals surface area contributed by atoms with E-state index in [1.54, 1.807) is 18.2 Å². The van der Waals surface area contributed by atoms with Gasteiger partial charge in [0.05, 0.1) is 16.9 Å². The van der Waals surface area contributed by atoms with Gasteiger partial charge in [-0.05, 0) is 30.3 Å². The third-order valence-electron chi connectivity index (χ3n) is 3.84. The summed E-state index contributed by atoms with van der Waals surface area (Å²) in [4.78, 5) is 48.6. The molecule has 2 aromatic rings. The van der Waals surface area contributed by atoms with Crippen LogP contribution in [0.4, 0.5) is 5.69 Å². The van der Waals surface area contributed by atoms with Crippen molar-refractivity contribution in [3.05, 3.63) is 54.1 Å². The number of aromatic carboxylic acids is 1. The lowest BCUT2D eigenvalue weighted by atomic mass is 10.2. The number of carboxylic acid groups (broad SMARTS) is 1. The molecule has 2 aromatic carbocycles. The first-order valence-corrected chi connectivity index (χ1v) is 8.87. The zero-order valence-electron chi connectivity index (χ0n) is 14.2. The van der Waals surface area contributed by atoms with Gasteiger partial charge in [0.25, 0.3) is 0 Å². The van der Waals surface area contributed by atoms with Gasteiger partial charge < -0.3 is 14.6 Å². The number of anilines is 1. The monoisotopic (exact) mass is 384 g/mol. The third-order valence-corrected chi connectivity index (χ3v) is 5.10. The molecule has 0 saturated carbocycles. The molecule has 0 aliphatic carbocycles. The molecule has 1 fully saturated rings. The number of thioether (sulfide) groups is 1. The van der Waals surface area contributed by atoms with Crippen molar-refractivity contribution < 1.29 is 29.0 Å². The van der Waals surface area contributed by atoms with Gasteiger partial charge >= 0.3 is 5.97 Å². The maximum absolute atomic E-state index is 12.7. The van der Waals surface area contributed by atoms with Crippen molar-refractivity contribution in [2.24, 2.45) is 0 Å². The molecule has 138 valence electrons. The summed E-state index contributed by atoms with van der Waals surface area (Å²) in [5.41, 5.74) is 0.337. The normalized spacial score (nSPS) is 16.5. The number of carboxylic acids is 1. The maximum Gasteiger partial charge on any atom is 0.308 e. The Morgan fingerprint density at radius 1 is 1.11 bits per heavy atom. The average molecular weight is 384 g/mol. The minimum Gasteiger partial charge on any atom is -0.545 e. The quantitative estimate of drug-likeness (QED) is 0.436. The second-order valence-electron chi connectivity index (χ2n) is 5.75. The Hall–Kier alpha value is -3.13. The van der Waals surface area contributed by atoms with Crippen molar-refractivity contribution in [2.75, 3.05) is 4.90 Å². The predicted molar refractivity (Wildman–Crippen MR) is 95.3 cm³/mol. The van der Waals surface area contributed by atoms with Crippen molar-refractivity contribution in [3.63, 3.8) is 0 Å². The smallest absolute Gasteiger partial charge is 0.308 e. The van der Waals surface area contributed by atoms with Gasteiger partial charge in [-0.1, -0.05) is 18.2 Å². The number of imide groups is 1. The minimum atomic E-state index is -1.34. The molecule has 27 heavy (non-hydrogen) atoms. The van der Waals surface area contributed by atoms with E-state index in [1.807, 2.05) is 0 Å². The Labute approximate surface area is 158 Å². The van der Waals surface area contributed by atoms with Crippen LogP contribution < -0.4 is 14.7 Å². The molecule has 1 heterocycles. The number of carbonyl (C=O) groups is 4. The van der Waals surface area contributed by atoms with E-state index in [1.165, 1.54) is 37.3 Å². The Morgan fingerprint density at radius 3 is 2.41 bits per heavy atom. The summed E-state index contributed by atoms with van der Waals surface area (Å²) in [6.45, 7) is 1.27. The fraction of sp³-hybridized carbons (Fsp3) is 0.158. The number of esters is 1. The van der Waals surface area contributed by atoms with Crippen molar-refractivity contribution in [1.82, 2.24) is 0 Å². The largest absolute Gasteiger partial charge is 0.545 e. The van der Waals surface area contributed by atoms with Crippen LogP contribution in [0.25, 0.3) is 0 Å². The minimum absolute atomic E-state index is 0.0214. The highest BCUT2D eigenvalue weighted by Gasteiger charge is 2.40. The van der Waals surface area contributed by atoms with Crippen LogP contribution in [0.3, 0.4) is 0 Å². The highest BCUT2D eigenvalue weighted by Crippen LogP contribution is 2.35. The van der Waals surface area contributed by atoms with Gasteiger partial charge in [0, 0.05) is 23.8 Å². The molecular formula is C19H14NO6S-.